The van der Waals surface area contributed by atoms with Gasteiger partial charge in [0.1, 0.15) is 0 Å². The van der Waals surface area contributed by atoms with Gasteiger partial charge in [-0.2, -0.15) is 0 Å². The maximum absolute atomic E-state index is 11.8. The van der Waals surface area contributed by atoms with Crippen LogP contribution in [0.3, 0.4) is 0 Å². The summed E-state index contributed by atoms with van der Waals surface area (Å²) in [6.45, 7) is 2.22. The van der Waals surface area contributed by atoms with Crippen LogP contribution in [0.25, 0.3) is 0 Å². The summed E-state index contributed by atoms with van der Waals surface area (Å²) >= 11 is 0. The third kappa shape index (κ3) is 5.51. The summed E-state index contributed by atoms with van der Waals surface area (Å²) < 4.78 is 10.8. The minimum atomic E-state index is -0.936. The minimum absolute atomic E-state index is 0.188. The first-order valence-corrected chi connectivity index (χ1v) is 7.51. The summed E-state index contributed by atoms with van der Waals surface area (Å²) in [5.74, 6) is -0.209. The number of carbonyl (C=O) groups excluding carboxylic acids is 1. The third-order valence-electron chi connectivity index (χ3n) is 3.83. The molecule has 0 radical (unpaired) electrons. The van der Waals surface area contributed by atoms with Crippen LogP contribution in [0.15, 0.2) is 0 Å². The normalized spacial score (nSPS) is 24.8. The van der Waals surface area contributed by atoms with Gasteiger partial charge in [0.2, 0.25) is 0 Å². The van der Waals surface area contributed by atoms with Gasteiger partial charge in [0.05, 0.1) is 12.7 Å². The number of amides is 2. The molecule has 1 saturated heterocycles. The number of ether oxygens (including phenoxy) is 2. The Balaban J connectivity index is 1.54. The van der Waals surface area contributed by atoms with Crippen LogP contribution in [0, 0.1) is 5.92 Å². The van der Waals surface area contributed by atoms with Gasteiger partial charge >= 0.3 is 12.0 Å². The van der Waals surface area contributed by atoms with E-state index < -0.39 is 12.1 Å². The van der Waals surface area contributed by atoms with Crippen molar-refractivity contribution in [1.29, 1.82) is 0 Å². The SMILES string of the molecule is CN(CCOCC1CC1)C(=O)NCC1CCC(C(=O)O)O1. The van der Waals surface area contributed by atoms with E-state index in [0.717, 1.165) is 12.5 Å². The van der Waals surface area contributed by atoms with Gasteiger partial charge < -0.3 is 24.8 Å². The van der Waals surface area contributed by atoms with Crippen molar-refractivity contribution in [1.82, 2.24) is 10.2 Å². The number of urea groups is 1. The zero-order valence-electron chi connectivity index (χ0n) is 12.4. The van der Waals surface area contributed by atoms with E-state index in [1.165, 1.54) is 12.8 Å². The van der Waals surface area contributed by atoms with Crippen LogP contribution in [0.2, 0.25) is 0 Å². The number of nitrogens with one attached hydrogen (secondary N) is 1. The third-order valence-corrected chi connectivity index (χ3v) is 3.83. The number of rotatable bonds is 8. The first-order chi connectivity index (χ1) is 10.1. The molecule has 2 amide bonds. The molecule has 0 aromatic heterocycles. The molecular weight excluding hydrogens is 276 g/mol. The fraction of sp³-hybridized carbons (Fsp3) is 0.857. The molecule has 120 valence electrons. The van der Waals surface area contributed by atoms with E-state index in [0.29, 0.717) is 32.5 Å². The fourth-order valence-electron chi connectivity index (χ4n) is 2.21. The topological polar surface area (TPSA) is 88.1 Å². The van der Waals surface area contributed by atoms with Crippen molar-refractivity contribution in [2.24, 2.45) is 5.92 Å². The Hall–Kier alpha value is -1.34. The van der Waals surface area contributed by atoms with Crippen LogP contribution in [-0.2, 0) is 14.3 Å². The van der Waals surface area contributed by atoms with Gasteiger partial charge in [0.15, 0.2) is 6.10 Å². The molecule has 2 atom stereocenters. The summed E-state index contributed by atoms with van der Waals surface area (Å²) in [5.41, 5.74) is 0. The molecule has 2 aliphatic rings. The molecule has 0 aromatic rings. The number of nitrogens with zero attached hydrogens (tertiary/aromatic N) is 1. The van der Waals surface area contributed by atoms with Crippen LogP contribution in [0.4, 0.5) is 4.79 Å². The largest absolute Gasteiger partial charge is 0.479 e. The number of aliphatic carboxylic acids is 1. The monoisotopic (exact) mass is 300 g/mol. The first-order valence-electron chi connectivity index (χ1n) is 7.51. The maximum atomic E-state index is 11.8. The van der Waals surface area contributed by atoms with Crippen molar-refractivity contribution in [3.63, 3.8) is 0 Å². The van der Waals surface area contributed by atoms with Gasteiger partial charge in [-0.05, 0) is 31.6 Å². The Morgan fingerprint density at radius 2 is 2.10 bits per heavy atom. The molecule has 2 rings (SSSR count). The van der Waals surface area contributed by atoms with E-state index in [4.69, 9.17) is 14.6 Å². The minimum Gasteiger partial charge on any atom is -0.479 e. The van der Waals surface area contributed by atoms with Crippen LogP contribution in [0.5, 0.6) is 0 Å². The zero-order valence-corrected chi connectivity index (χ0v) is 12.4. The van der Waals surface area contributed by atoms with Gasteiger partial charge in [-0.3, -0.25) is 0 Å². The standard InChI is InChI=1S/C14H24N2O5/c1-16(6-7-20-9-10-2-3-10)14(19)15-8-11-4-5-12(21-11)13(17)18/h10-12H,2-9H2,1H3,(H,15,19)(H,17,18). The lowest BCUT2D eigenvalue weighted by Crippen LogP contribution is -2.42. The Kier molecular flexibility index (Phi) is 5.81. The van der Waals surface area contributed by atoms with Crippen molar-refractivity contribution in [3.8, 4) is 0 Å². The number of likely N-dealkylation sites (N-methyl/N-ethyl adjacent to an activating group) is 1. The molecule has 7 heteroatoms. The van der Waals surface area contributed by atoms with E-state index in [9.17, 15) is 9.59 Å². The molecule has 7 nitrogen and oxygen atoms in total. The molecule has 0 bridgehead atoms. The highest BCUT2D eigenvalue weighted by Gasteiger charge is 2.30. The average Bonchev–Trinajstić information content (AvgIpc) is 3.15. The van der Waals surface area contributed by atoms with Gasteiger partial charge in [0.25, 0.3) is 0 Å². The summed E-state index contributed by atoms with van der Waals surface area (Å²) in [5, 5.41) is 11.6. The molecule has 0 aromatic carbocycles. The molecule has 1 aliphatic heterocycles. The van der Waals surface area contributed by atoms with Gasteiger partial charge in [-0.15, -0.1) is 0 Å². The second-order valence-electron chi connectivity index (χ2n) is 5.79. The van der Waals surface area contributed by atoms with Crippen LogP contribution in [0.1, 0.15) is 25.7 Å². The average molecular weight is 300 g/mol. The van der Waals surface area contributed by atoms with Crippen LogP contribution >= 0.6 is 0 Å². The smallest absolute Gasteiger partial charge is 0.332 e. The Morgan fingerprint density at radius 1 is 1.33 bits per heavy atom. The van der Waals surface area contributed by atoms with Crippen molar-refractivity contribution in [2.45, 2.75) is 37.9 Å². The van der Waals surface area contributed by atoms with Crippen molar-refractivity contribution < 1.29 is 24.2 Å². The van der Waals surface area contributed by atoms with E-state index >= 15 is 0 Å². The second kappa shape index (κ2) is 7.61. The predicted molar refractivity (Wildman–Crippen MR) is 75.1 cm³/mol. The van der Waals surface area contributed by atoms with E-state index in [1.54, 1.807) is 11.9 Å². The molecule has 1 aliphatic carbocycles. The quantitative estimate of drug-likeness (QED) is 0.644. The lowest BCUT2D eigenvalue weighted by molar-refractivity contribution is -0.149. The molecule has 1 saturated carbocycles. The molecule has 21 heavy (non-hydrogen) atoms. The summed E-state index contributed by atoms with van der Waals surface area (Å²) in [7, 11) is 1.71. The molecule has 0 spiro atoms. The Morgan fingerprint density at radius 3 is 2.71 bits per heavy atom. The Bertz CT molecular complexity index is 372. The van der Waals surface area contributed by atoms with Crippen molar-refractivity contribution in [2.75, 3.05) is 33.4 Å². The van der Waals surface area contributed by atoms with Crippen molar-refractivity contribution >= 4 is 12.0 Å². The number of hydrogen-bond donors (Lipinski definition) is 2. The molecule has 2 unspecified atom stereocenters. The lowest BCUT2D eigenvalue weighted by Gasteiger charge is -2.19. The summed E-state index contributed by atoms with van der Waals surface area (Å²) in [6, 6.07) is -0.188. The van der Waals surface area contributed by atoms with E-state index in [2.05, 4.69) is 5.32 Å². The summed E-state index contributed by atoms with van der Waals surface area (Å²) in [6.07, 6.45) is 2.73. The van der Waals surface area contributed by atoms with Gasteiger partial charge in [-0.25, -0.2) is 9.59 Å². The number of hydrogen-bond acceptors (Lipinski definition) is 4. The van der Waals surface area contributed by atoms with Crippen molar-refractivity contribution in [3.05, 3.63) is 0 Å². The lowest BCUT2D eigenvalue weighted by atomic mass is 10.2. The Labute approximate surface area is 124 Å². The number of carboxylic acid groups (broad SMARTS) is 1. The second-order valence-corrected chi connectivity index (χ2v) is 5.79. The van der Waals surface area contributed by atoms with Gasteiger partial charge in [0, 0.05) is 26.7 Å². The van der Waals surface area contributed by atoms with E-state index in [-0.39, 0.29) is 12.1 Å². The first kappa shape index (κ1) is 16.0. The highest BCUT2D eigenvalue weighted by Crippen LogP contribution is 2.28. The van der Waals surface area contributed by atoms with Crippen LogP contribution in [-0.4, -0.2) is 67.6 Å². The number of carboxylic acids is 1. The van der Waals surface area contributed by atoms with Crippen LogP contribution < -0.4 is 5.32 Å². The number of carbonyl (C=O) groups is 2. The molecular formula is C14H24N2O5. The summed E-state index contributed by atoms with van der Waals surface area (Å²) in [4.78, 5) is 24.2. The molecule has 2 N–H and O–H groups in total. The highest BCUT2D eigenvalue weighted by molar-refractivity contribution is 5.74. The highest BCUT2D eigenvalue weighted by atomic mass is 16.5. The van der Waals surface area contributed by atoms with E-state index in [1.807, 2.05) is 0 Å². The zero-order chi connectivity index (χ0) is 15.2. The van der Waals surface area contributed by atoms with Gasteiger partial charge in [-0.1, -0.05) is 0 Å². The predicted octanol–water partition coefficient (Wildman–Crippen LogP) is 0.687. The fourth-order valence-corrected chi connectivity index (χ4v) is 2.21. The molecule has 1 heterocycles. The molecule has 2 fully saturated rings. The maximum Gasteiger partial charge on any atom is 0.332 e.